The van der Waals surface area contributed by atoms with Crippen LogP contribution in [0.3, 0.4) is 0 Å². The fourth-order valence-electron chi connectivity index (χ4n) is 3.15. The van der Waals surface area contributed by atoms with E-state index in [2.05, 4.69) is 5.32 Å². The molecule has 1 N–H and O–H groups in total. The number of hydrogen-bond acceptors (Lipinski definition) is 5. The van der Waals surface area contributed by atoms with Crippen molar-refractivity contribution in [3.8, 4) is 0 Å². The number of benzene rings is 2. The van der Waals surface area contributed by atoms with Crippen molar-refractivity contribution in [3.63, 3.8) is 0 Å². The number of nitrogens with one attached hydrogen (secondary N) is 1. The maximum absolute atomic E-state index is 13.2. The summed E-state index contributed by atoms with van der Waals surface area (Å²) in [4.78, 5) is 30.1. The van der Waals surface area contributed by atoms with E-state index in [-0.39, 0.29) is 18.6 Å². The molecule has 1 amide bonds. The summed E-state index contributed by atoms with van der Waals surface area (Å²) in [5.41, 5.74) is 0.813. The number of carbonyl (C=O) groups is 2. The van der Waals surface area contributed by atoms with E-state index in [1.54, 1.807) is 11.3 Å². The molecule has 3 rings (SSSR count). The van der Waals surface area contributed by atoms with Gasteiger partial charge in [0.15, 0.2) is 6.61 Å². The molecule has 0 saturated carbocycles. The van der Waals surface area contributed by atoms with Gasteiger partial charge in [-0.25, -0.2) is 4.98 Å². The normalized spacial score (nSPS) is 14.3. The van der Waals surface area contributed by atoms with Gasteiger partial charge in [-0.3, -0.25) is 9.59 Å². The van der Waals surface area contributed by atoms with Gasteiger partial charge in [-0.15, -0.1) is 11.3 Å². The predicted molar refractivity (Wildman–Crippen MR) is 121 cm³/mol. The number of amides is 1. The zero-order valence-corrected chi connectivity index (χ0v) is 18.7. The molecule has 2 atom stereocenters. The van der Waals surface area contributed by atoms with Gasteiger partial charge in [-0.1, -0.05) is 56.3 Å². The van der Waals surface area contributed by atoms with Gasteiger partial charge in [0.25, 0.3) is 5.91 Å². The van der Waals surface area contributed by atoms with Gasteiger partial charge in [0, 0.05) is 12.5 Å². The number of esters is 1. The summed E-state index contributed by atoms with van der Waals surface area (Å²) in [5.74, 6) is -0.418. The smallest absolute Gasteiger partial charge is 0.317 e. The van der Waals surface area contributed by atoms with Crippen molar-refractivity contribution in [1.82, 2.24) is 10.3 Å². The third-order valence-corrected chi connectivity index (χ3v) is 6.46. The van der Waals surface area contributed by atoms with Crippen LogP contribution in [0.15, 0.2) is 54.6 Å². The third kappa shape index (κ3) is 5.05. The highest BCUT2D eigenvalue weighted by Crippen LogP contribution is 2.33. The van der Waals surface area contributed by atoms with E-state index >= 15 is 0 Å². The predicted octanol–water partition coefficient (Wildman–Crippen LogP) is 4.50. The molecule has 0 aliphatic heterocycles. The van der Waals surface area contributed by atoms with Gasteiger partial charge in [0.1, 0.15) is 0 Å². The lowest BCUT2D eigenvalue weighted by Crippen LogP contribution is -2.42. The first-order valence-electron chi connectivity index (χ1n) is 10.2. The summed E-state index contributed by atoms with van der Waals surface area (Å²) >= 11 is 1.57. The van der Waals surface area contributed by atoms with Crippen molar-refractivity contribution >= 4 is 33.4 Å². The summed E-state index contributed by atoms with van der Waals surface area (Å²) in [6.45, 7) is 7.55. The Morgan fingerprint density at radius 3 is 2.40 bits per heavy atom. The second kappa shape index (κ2) is 9.39. The van der Waals surface area contributed by atoms with Crippen LogP contribution in [0.2, 0.25) is 0 Å². The van der Waals surface area contributed by atoms with Gasteiger partial charge in [-0.05, 0) is 37.5 Å². The fourth-order valence-corrected chi connectivity index (χ4v) is 4.27. The molecule has 0 bridgehead atoms. The molecule has 158 valence electrons. The molecule has 5 nitrogen and oxygen atoms in total. The Kier molecular flexibility index (Phi) is 6.87. The van der Waals surface area contributed by atoms with Crippen LogP contribution in [0.25, 0.3) is 10.2 Å². The van der Waals surface area contributed by atoms with E-state index in [1.165, 1.54) is 0 Å². The van der Waals surface area contributed by atoms with Crippen LogP contribution >= 0.6 is 11.3 Å². The summed E-state index contributed by atoms with van der Waals surface area (Å²) < 4.78 is 6.56. The quantitative estimate of drug-likeness (QED) is 0.541. The molecule has 0 fully saturated rings. The van der Waals surface area contributed by atoms with Crippen molar-refractivity contribution in [3.05, 3.63) is 65.2 Å². The van der Waals surface area contributed by atoms with Gasteiger partial charge in [-0.2, -0.15) is 0 Å². The topological polar surface area (TPSA) is 68.3 Å². The van der Waals surface area contributed by atoms with Crippen molar-refractivity contribution < 1.29 is 14.3 Å². The number of fused-ring (bicyclic) bond motifs is 1. The van der Waals surface area contributed by atoms with Crippen molar-refractivity contribution in [1.29, 1.82) is 0 Å². The molecule has 1 heterocycles. The second-order valence-corrected chi connectivity index (χ2v) is 9.24. The Bertz CT molecular complexity index is 982. The summed E-state index contributed by atoms with van der Waals surface area (Å²) in [6, 6.07) is 17.5. The first kappa shape index (κ1) is 22.0. The van der Waals surface area contributed by atoms with E-state index in [1.807, 2.05) is 82.3 Å². The number of thiazole rings is 1. The SMILES string of the molecule is CC(C)[C@@H](C)NC(=O)COC(=O)[C@](C)(Cc1nc2ccccc2s1)c1ccccc1. The molecule has 3 aromatic rings. The average Bonchev–Trinajstić information content (AvgIpc) is 3.14. The highest BCUT2D eigenvalue weighted by molar-refractivity contribution is 7.18. The molecule has 2 aromatic carbocycles. The van der Waals surface area contributed by atoms with E-state index in [0.717, 1.165) is 20.8 Å². The standard InChI is InChI=1S/C24H28N2O3S/c1-16(2)17(3)25-21(27)15-29-23(28)24(4,18-10-6-5-7-11-18)14-22-26-19-12-8-9-13-20(19)30-22/h5-13,16-17H,14-15H2,1-4H3,(H,25,27)/t17-,24-/m1/s1. The first-order chi connectivity index (χ1) is 14.3. The number of nitrogens with zero attached hydrogens (tertiary/aromatic N) is 1. The molecule has 0 aliphatic carbocycles. The van der Waals surface area contributed by atoms with Crippen LogP contribution < -0.4 is 5.32 Å². The minimum absolute atomic E-state index is 0.0134. The highest BCUT2D eigenvalue weighted by Gasteiger charge is 2.38. The van der Waals surface area contributed by atoms with Crippen LogP contribution in [0.1, 0.15) is 38.3 Å². The molecule has 0 radical (unpaired) electrons. The minimum Gasteiger partial charge on any atom is -0.455 e. The van der Waals surface area contributed by atoms with Crippen LogP contribution in [0, 0.1) is 5.92 Å². The maximum Gasteiger partial charge on any atom is 0.317 e. The minimum atomic E-state index is -0.945. The molecule has 0 spiro atoms. The molecule has 0 unspecified atom stereocenters. The van der Waals surface area contributed by atoms with Crippen LogP contribution in [0.4, 0.5) is 0 Å². The number of rotatable bonds is 8. The molecule has 1 aromatic heterocycles. The zero-order chi connectivity index (χ0) is 21.7. The maximum atomic E-state index is 13.2. The van der Waals surface area contributed by atoms with Crippen LogP contribution in [-0.2, 0) is 26.2 Å². The molecule has 6 heteroatoms. The van der Waals surface area contributed by atoms with Crippen molar-refractivity contribution in [2.75, 3.05) is 6.61 Å². The molecule has 30 heavy (non-hydrogen) atoms. The van der Waals surface area contributed by atoms with Gasteiger partial charge in [0.05, 0.1) is 20.6 Å². The average molecular weight is 425 g/mol. The van der Waals surface area contributed by atoms with Gasteiger partial charge in [0.2, 0.25) is 0 Å². The van der Waals surface area contributed by atoms with Gasteiger partial charge < -0.3 is 10.1 Å². The summed E-state index contributed by atoms with van der Waals surface area (Å²) in [7, 11) is 0. The molecule has 0 saturated heterocycles. The van der Waals surface area contributed by atoms with Crippen LogP contribution in [-0.4, -0.2) is 29.5 Å². The van der Waals surface area contributed by atoms with Crippen LogP contribution in [0.5, 0.6) is 0 Å². The second-order valence-electron chi connectivity index (χ2n) is 8.13. The van der Waals surface area contributed by atoms with E-state index < -0.39 is 11.4 Å². The van der Waals surface area contributed by atoms with Crippen molar-refractivity contribution in [2.45, 2.75) is 45.6 Å². The largest absolute Gasteiger partial charge is 0.455 e. The van der Waals surface area contributed by atoms with E-state index in [0.29, 0.717) is 12.3 Å². The number of ether oxygens (including phenoxy) is 1. The molecular formula is C24H28N2O3S. The lowest BCUT2D eigenvalue weighted by atomic mass is 9.79. The fraction of sp³-hybridized carbons (Fsp3) is 0.375. The number of aromatic nitrogens is 1. The Hall–Kier alpha value is -2.73. The van der Waals surface area contributed by atoms with Gasteiger partial charge >= 0.3 is 5.97 Å². The first-order valence-corrected chi connectivity index (χ1v) is 11.0. The van der Waals surface area contributed by atoms with Crippen molar-refractivity contribution in [2.24, 2.45) is 5.92 Å². The third-order valence-electron chi connectivity index (χ3n) is 5.43. The summed E-state index contributed by atoms with van der Waals surface area (Å²) in [5, 5.41) is 3.73. The molecule has 0 aliphatic rings. The molecular weight excluding hydrogens is 396 g/mol. The summed E-state index contributed by atoms with van der Waals surface area (Å²) in [6.07, 6.45) is 0.402. The zero-order valence-electron chi connectivity index (χ0n) is 17.8. The lowest BCUT2D eigenvalue weighted by Gasteiger charge is -2.27. The number of hydrogen-bond donors (Lipinski definition) is 1. The number of para-hydroxylation sites is 1. The Morgan fingerprint density at radius 1 is 1.07 bits per heavy atom. The Balaban J connectivity index is 1.79. The Morgan fingerprint density at radius 2 is 1.73 bits per heavy atom. The van der Waals surface area contributed by atoms with E-state index in [4.69, 9.17) is 9.72 Å². The van der Waals surface area contributed by atoms with E-state index in [9.17, 15) is 9.59 Å². The monoisotopic (exact) mass is 424 g/mol. The highest BCUT2D eigenvalue weighted by atomic mass is 32.1. The number of carbonyl (C=O) groups excluding carboxylic acids is 2. The Labute approximate surface area is 181 Å². The lowest BCUT2D eigenvalue weighted by molar-refractivity contribution is -0.154.